The largest absolute Gasteiger partial charge is 0.450 e. The summed E-state index contributed by atoms with van der Waals surface area (Å²) >= 11 is 2.80. The number of fused-ring (bicyclic) bond motifs is 1. The van der Waals surface area contributed by atoms with Gasteiger partial charge in [0, 0.05) is 24.0 Å². The van der Waals surface area contributed by atoms with Gasteiger partial charge in [0.15, 0.2) is 16.9 Å². The molecule has 59 heavy (non-hydrogen) atoms. The fraction of sp³-hybridized carbons (Fsp3) is 0.385. The standard InChI is InChI=1S/C39H41N11O7S2/c1-38(2,3)56-37(54)45-36-43-29(21-59-36)31(47-57-39(14-15-39)35(53)55-32(24-10-6-4-7-11-24)25-12-8-5-9-13-25)34(52)44-30-28(42-33(30)51)19-50-41-16-26(46-50)20-58-27-17-48-22-40-23-49(48)18-27/h4-13,16,21-23,27-28,30,32H,14-15,17-20H2,1-3H3,(H2-,42,43,44,45,51,52,54)/p+1/b47-31-/t28-,30+/m1/s1. The molecule has 2 aliphatic heterocycles. The first kappa shape index (κ1) is 39.7. The summed E-state index contributed by atoms with van der Waals surface area (Å²) in [5, 5.41) is 23.3. The van der Waals surface area contributed by atoms with Gasteiger partial charge in [-0.3, -0.25) is 14.9 Å². The van der Waals surface area contributed by atoms with Gasteiger partial charge in [0.1, 0.15) is 23.9 Å². The zero-order valence-electron chi connectivity index (χ0n) is 32.4. The van der Waals surface area contributed by atoms with Crippen molar-refractivity contribution in [2.75, 3.05) is 5.32 Å². The summed E-state index contributed by atoms with van der Waals surface area (Å²) in [5.74, 6) is -1.20. The van der Waals surface area contributed by atoms with Gasteiger partial charge >= 0.3 is 18.4 Å². The predicted octanol–water partition coefficient (Wildman–Crippen LogP) is 3.15. The molecule has 20 heteroatoms. The van der Waals surface area contributed by atoms with Gasteiger partial charge < -0.3 is 24.9 Å². The minimum Gasteiger partial charge on any atom is -0.450 e. The average Bonchev–Trinajstić information content (AvgIpc) is 3.60. The lowest BCUT2D eigenvalue weighted by atomic mass is 9.98. The lowest BCUT2D eigenvalue weighted by molar-refractivity contribution is -0.758. The first-order valence-corrected chi connectivity index (χ1v) is 20.9. The number of rotatable bonds is 15. The first-order chi connectivity index (χ1) is 28.4. The number of hydrogen-bond acceptors (Lipinski definition) is 14. The monoisotopic (exact) mass is 840 g/mol. The number of thioether (sulfide) groups is 1. The van der Waals surface area contributed by atoms with Crippen molar-refractivity contribution in [3.8, 4) is 0 Å². The van der Waals surface area contributed by atoms with Crippen molar-refractivity contribution in [2.45, 2.75) is 93.6 Å². The van der Waals surface area contributed by atoms with Crippen molar-refractivity contribution >= 4 is 57.8 Å². The number of anilines is 1. The number of thiazole rings is 1. The number of β-lactam (4-membered cyclic amide) rings is 1. The van der Waals surface area contributed by atoms with Crippen LogP contribution in [0, 0.1) is 0 Å². The van der Waals surface area contributed by atoms with Crippen LogP contribution in [0.4, 0.5) is 9.93 Å². The molecule has 8 rings (SSSR count). The molecule has 18 nitrogen and oxygen atoms in total. The van der Waals surface area contributed by atoms with Crippen molar-refractivity contribution in [3.05, 3.63) is 107 Å². The molecular weight excluding hydrogens is 799 g/mol. The molecule has 3 aromatic heterocycles. The Morgan fingerprint density at radius 1 is 1.10 bits per heavy atom. The Hall–Kier alpha value is -6.15. The van der Waals surface area contributed by atoms with Crippen LogP contribution in [-0.4, -0.2) is 87.8 Å². The van der Waals surface area contributed by atoms with Gasteiger partial charge in [-0.15, -0.1) is 23.1 Å². The van der Waals surface area contributed by atoms with Crippen LogP contribution < -0.4 is 20.6 Å². The highest BCUT2D eigenvalue weighted by Crippen LogP contribution is 2.43. The number of ether oxygens (including phenoxy) is 2. The van der Waals surface area contributed by atoms with Crippen LogP contribution in [-0.2, 0) is 54.1 Å². The van der Waals surface area contributed by atoms with Gasteiger partial charge in [0.2, 0.25) is 17.8 Å². The van der Waals surface area contributed by atoms with E-state index in [9.17, 15) is 19.2 Å². The minimum atomic E-state index is -1.46. The number of amides is 3. The van der Waals surface area contributed by atoms with Crippen LogP contribution in [0.25, 0.3) is 0 Å². The number of benzene rings is 2. The molecule has 0 radical (unpaired) electrons. The molecule has 5 heterocycles. The Bertz CT molecular complexity index is 2300. The molecule has 1 saturated heterocycles. The molecule has 3 aliphatic rings. The van der Waals surface area contributed by atoms with Crippen molar-refractivity contribution in [1.82, 2.24) is 40.3 Å². The smallest absolute Gasteiger partial charge is 0.413 e. The van der Waals surface area contributed by atoms with E-state index in [1.165, 1.54) is 10.2 Å². The summed E-state index contributed by atoms with van der Waals surface area (Å²) in [7, 11) is 0. The third-order valence-electron chi connectivity index (χ3n) is 9.61. The Balaban J connectivity index is 0.960. The van der Waals surface area contributed by atoms with Gasteiger partial charge in [0.25, 0.3) is 5.91 Å². The van der Waals surface area contributed by atoms with Crippen molar-refractivity contribution in [1.29, 1.82) is 0 Å². The molecule has 306 valence electrons. The maximum absolute atomic E-state index is 14.0. The highest BCUT2D eigenvalue weighted by Gasteiger charge is 2.56. The molecule has 1 aliphatic carbocycles. The average molecular weight is 841 g/mol. The van der Waals surface area contributed by atoms with Gasteiger partial charge in [-0.05, 0) is 36.9 Å². The summed E-state index contributed by atoms with van der Waals surface area (Å²) in [6.07, 6.45) is 4.44. The van der Waals surface area contributed by atoms with Crippen LogP contribution in [0.2, 0.25) is 0 Å². The number of carbonyl (C=O) groups is 4. The SMILES string of the molecule is CC(C)(C)OC(=O)Nc1nc(/C(=N/OC2(C(=O)OC(c3ccccc3)c3ccccc3)CC2)C(=O)N[C@@H]2C(=O)N[C@@H]2Cn2ncc(CSC3Cn4cnc[n+]4C3)n2)cs1. The van der Waals surface area contributed by atoms with Crippen molar-refractivity contribution in [3.63, 3.8) is 0 Å². The lowest BCUT2D eigenvalue weighted by Gasteiger charge is -2.36. The number of hydrogen-bond donors (Lipinski definition) is 3. The molecule has 0 bridgehead atoms. The number of nitrogens with one attached hydrogen (secondary N) is 3. The molecule has 2 fully saturated rings. The van der Waals surface area contributed by atoms with E-state index in [0.717, 1.165) is 41.2 Å². The van der Waals surface area contributed by atoms with Crippen LogP contribution in [0.3, 0.4) is 0 Å². The quantitative estimate of drug-likeness (QED) is 0.0457. The number of aromatic nitrogens is 7. The lowest BCUT2D eigenvalue weighted by Crippen LogP contribution is -2.70. The van der Waals surface area contributed by atoms with E-state index in [1.807, 2.05) is 73.3 Å². The molecule has 2 atom stereocenters. The molecule has 3 amide bonds. The van der Waals surface area contributed by atoms with Gasteiger partial charge in [-0.1, -0.05) is 65.8 Å². The van der Waals surface area contributed by atoms with E-state index in [1.54, 1.807) is 38.7 Å². The third-order valence-corrected chi connectivity index (χ3v) is 11.6. The molecule has 1 saturated carbocycles. The molecule has 2 aromatic carbocycles. The number of oxime groups is 1. The number of carbonyl (C=O) groups excluding carboxylic acids is 4. The summed E-state index contributed by atoms with van der Waals surface area (Å²) < 4.78 is 15.6. The highest BCUT2D eigenvalue weighted by atomic mass is 32.2. The zero-order chi connectivity index (χ0) is 41.1. The van der Waals surface area contributed by atoms with E-state index in [4.69, 9.17) is 14.3 Å². The fourth-order valence-electron chi connectivity index (χ4n) is 6.45. The Kier molecular flexibility index (Phi) is 11.2. The molecule has 0 spiro atoms. The van der Waals surface area contributed by atoms with E-state index < -0.39 is 53.3 Å². The summed E-state index contributed by atoms with van der Waals surface area (Å²) in [5.41, 5.74) is -0.176. The molecule has 5 aromatic rings. The van der Waals surface area contributed by atoms with Crippen LogP contribution >= 0.6 is 23.1 Å². The maximum Gasteiger partial charge on any atom is 0.413 e. The second-order valence-corrected chi connectivity index (χ2v) is 17.5. The van der Waals surface area contributed by atoms with Gasteiger partial charge in [0.05, 0.1) is 36.3 Å². The summed E-state index contributed by atoms with van der Waals surface area (Å²) in [6, 6.07) is 17.2. The maximum atomic E-state index is 14.0. The van der Waals surface area contributed by atoms with E-state index in [-0.39, 0.29) is 23.1 Å². The normalized spacial score (nSPS) is 19.3. The summed E-state index contributed by atoms with van der Waals surface area (Å²) in [4.78, 5) is 69.1. The minimum absolute atomic E-state index is 0.0333. The predicted molar refractivity (Wildman–Crippen MR) is 214 cm³/mol. The second kappa shape index (κ2) is 16.6. The topological polar surface area (TPSA) is 210 Å². The molecule has 0 unspecified atom stereocenters. The number of nitrogens with zero attached hydrogens (tertiary/aromatic N) is 8. The summed E-state index contributed by atoms with van der Waals surface area (Å²) in [6.45, 7) is 7.10. The molecular formula is C39H42N11O7S2+. The Morgan fingerprint density at radius 3 is 2.49 bits per heavy atom. The Labute approximate surface area is 346 Å². The highest BCUT2D eigenvalue weighted by molar-refractivity contribution is 7.99. The van der Waals surface area contributed by atoms with Crippen molar-refractivity contribution < 1.29 is 38.2 Å². The van der Waals surface area contributed by atoms with E-state index in [2.05, 4.69) is 50.6 Å². The zero-order valence-corrected chi connectivity index (χ0v) is 34.0. The Morgan fingerprint density at radius 2 is 1.83 bits per heavy atom. The van der Waals surface area contributed by atoms with E-state index in [0.29, 0.717) is 23.8 Å². The number of esters is 1. The van der Waals surface area contributed by atoms with Gasteiger partial charge in [-0.25, -0.2) is 14.6 Å². The van der Waals surface area contributed by atoms with Crippen molar-refractivity contribution in [2.24, 2.45) is 5.16 Å². The third kappa shape index (κ3) is 9.44. The first-order valence-electron chi connectivity index (χ1n) is 19.0. The molecule has 3 N–H and O–H groups in total. The van der Waals surface area contributed by atoms with Crippen LogP contribution in [0.1, 0.15) is 62.2 Å². The van der Waals surface area contributed by atoms with Crippen LogP contribution in [0.5, 0.6) is 0 Å². The van der Waals surface area contributed by atoms with Crippen LogP contribution in [0.15, 0.2) is 90.1 Å². The fourth-order valence-corrected chi connectivity index (χ4v) is 8.19. The van der Waals surface area contributed by atoms with Gasteiger partial charge in [-0.2, -0.15) is 24.4 Å². The second-order valence-electron chi connectivity index (χ2n) is 15.3. The van der Waals surface area contributed by atoms with E-state index >= 15 is 0 Å².